The molecule has 0 aromatic heterocycles. The van der Waals surface area contributed by atoms with E-state index >= 15 is 0 Å². The van der Waals surface area contributed by atoms with E-state index in [1.807, 2.05) is 38.4 Å². The highest BCUT2D eigenvalue weighted by Gasteiger charge is 2.07. The number of ether oxygens (including phenoxy) is 1. The van der Waals surface area contributed by atoms with E-state index in [9.17, 15) is 10.1 Å². The molecule has 22 heavy (non-hydrogen) atoms. The molecule has 1 atom stereocenters. The first kappa shape index (κ1) is 16.0. The van der Waals surface area contributed by atoms with Crippen LogP contribution in [0.15, 0.2) is 48.5 Å². The number of non-ortho nitro benzene ring substituents is 1. The lowest BCUT2D eigenvalue weighted by atomic mass is 10.1. The average Bonchev–Trinajstić information content (AvgIpc) is 2.53. The predicted molar refractivity (Wildman–Crippen MR) is 87.2 cm³/mol. The highest BCUT2D eigenvalue weighted by atomic mass is 16.6. The first-order valence-corrected chi connectivity index (χ1v) is 7.11. The highest BCUT2D eigenvalue weighted by Crippen LogP contribution is 2.24. The Bertz CT molecular complexity index is 621. The summed E-state index contributed by atoms with van der Waals surface area (Å²) in [6, 6.07) is 14.6. The van der Waals surface area contributed by atoms with Crippen LogP contribution >= 0.6 is 0 Å². The molecule has 0 spiro atoms. The van der Waals surface area contributed by atoms with Crippen LogP contribution in [0.25, 0.3) is 11.1 Å². The van der Waals surface area contributed by atoms with Gasteiger partial charge in [-0.3, -0.25) is 10.1 Å². The number of hydrogen-bond donors (Lipinski definition) is 0. The molecule has 0 N–H and O–H groups in total. The van der Waals surface area contributed by atoms with Crippen LogP contribution in [0.3, 0.4) is 0 Å². The van der Waals surface area contributed by atoms with E-state index in [-0.39, 0.29) is 5.69 Å². The summed E-state index contributed by atoms with van der Waals surface area (Å²) < 4.78 is 5.74. The minimum absolute atomic E-state index is 0.0985. The number of nitro groups is 1. The molecule has 5 nitrogen and oxygen atoms in total. The van der Waals surface area contributed by atoms with Gasteiger partial charge in [-0.25, -0.2) is 0 Å². The van der Waals surface area contributed by atoms with Gasteiger partial charge in [0, 0.05) is 18.2 Å². The standard InChI is InChI=1S/C17H20N2O3/c1-13(18(2)3)12-22-17-10-6-15(7-11-17)14-4-8-16(9-5-14)19(20)21/h4-11,13H,12H2,1-3H3. The fourth-order valence-corrected chi connectivity index (χ4v) is 1.89. The molecule has 2 aromatic carbocycles. The summed E-state index contributed by atoms with van der Waals surface area (Å²) in [5.74, 6) is 0.819. The molecule has 0 aliphatic rings. The van der Waals surface area contributed by atoms with Crippen molar-refractivity contribution >= 4 is 5.69 Å². The van der Waals surface area contributed by atoms with Crippen LogP contribution in [0, 0.1) is 10.1 Å². The SMILES string of the molecule is CC(COc1ccc(-c2ccc([N+](=O)[O-])cc2)cc1)N(C)C. The summed E-state index contributed by atoms with van der Waals surface area (Å²) in [6.45, 7) is 2.73. The summed E-state index contributed by atoms with van der Waals surface area (Å²) >= 11 is 0. The molecular weight excluding hydrogens is 280 g/mol. The molecule has 2 rings (SSSR count). The number of likely N-dealkylation sites (N-methyl/N-ethyl adjacent to an activating group) is 1. The maximum Gasteiger partial charge on any atom is 0.269 e. The molecule has 0 amide bonds. The van der Waals surface area contributed by atoms with Gasteiger partial charge in [0.15, 0.2) is 0 Å². The second-order valence-corrected chi connectivity index (χ2v) is 5.45. The molecule has 0 bridgehead atoms. The third kappa shape index (κ3) is 4.05. The molecule has 0 heterocycles. The summed E-state index contributed by atoms with van der Waals surface area (Å²) in [5.41, 5.74) is 2.04. The molecule has 0 fully saturated rings. The van der Waals surface area contributed by atoms with E-state index in [0.717, 1.165) is 16.9 Å². The highest BCUT2D eigenvalue weighted by molar-refractivity contribution is 5.65. The van der Waals surface area contributed by atoms with Crippen molar-refractivity contribution in [3.8, 4) is 16.9 Å². The van der Waals surface area contributed by atoms with Gasteiger partial charge in [0.2, 0.25) is 0 Å². The van der Waals surface area contributed by atoms with E-state index in [2.05, 4.69) is 11.8 Å². The molecule has 116 valence electrons. The number of benzene rings is 2. The van der Waals surface area contributed by atoms with Gasteiger partial charge < -0.3 is 9.64 Å². The maximum atomic E-state index is 10.7. The Balaban J connectivity index is 2.03. The molecule has 2 aromatic rings. The zero-order valence-corrected chi connectivity index (χ0v) is 13.0. The van der Waals surface area contributed by atoms with Crippen LogP contribution in [-0.4, -0.2) is 36.6 Å². The third-order valence-electron chi connectivity index (χ3n) is 3.64. The smallest absolute Gasteiger partial charge is 0.269 e. The van der Waals surface area contributed by atoms with Crippen molar-refractivity contribution in [2.45, 2.75) is 13.0 Å². The Morgan fingerprint density at radius 2 is 1.55 bits per heavy atom. The van der Waals surface area contributed by atoms with E-state index < -0.39 is 4.92 Å². The predicted octanol–water partition coefficient (Wildman–Crippen LogP) is 3.59. The molecule has 0 saturated heterocycles. The zero-order chi connectivity index (χ0) is 16.1. The minimum atomic E-state index is -0.396. The second-order valence-electron chi connectivity index (χ2n) is 5.45. The summed E-state index contributed by atoms with van der Waals surface area (Å²) in [4.78, 5) is 12.4. The first-order valence-electron chi connectivity index (χ1n) is 7.11. The van der Waals surface area contributed by atoms with E-state index in [1.54, 1.807) is 12.1 Å². The van der Waals surface area contributed by atoms with Crippen molar-refractivity contribution in [1.82, 2.24) is 4.90 Å². The quantitative estimate of drug-likeness (QED) is 0.604. The maximum absolute atomic E-state index is 10.7. The van der Waals surface area contributed by atoms with Gasteiger partial charge in [0.1, 0.15) is 12.4 Å². The lowest BCUT2D eigenvalue weighted by molar-refractivity contribution is -0.384. The normalized spacial score (nSPS) is 12.2. The van der Waals surface area contributed by atoms with Crippen molar-refractivity contribution in [2.24, 2.45) is 0 Å². The summed E-state index contributed by atoms with van der Waals surface area (Å²) in [6.07, 6.45) is 0. The van der Waals surface area contributed by atoms with Crippen LogP contribution < -0.4 is 4.74 Å². The number of nitro benzene ring substituents is 1. The fourth-order valence-electron chi connectivity index (χ4n) is 1.89. The van der Waals surface area contributed by atoms with Crippen LogP contribution in [0.5, 0.6) is 5.75 Å². The van der Waals surface area contributed by atoms with Gasteiger partial charge in [-0.1, -0.05) is 12.1 Å². The molecule has 0 radical (unpaired) electrons. The fraction of sp³-hybridized carbons (Fsp3) is 0.294. The van der Waals surface area contributed by atoms with E-state index in [4.69, 9.17) is 4.74 Å². The van der Waals surface area contributed by atoms with Crippen LogP contribution in [0.2, 0.25) is 0 Å². The van der Waals surface area contributed by atoms with Crippen LogP contribution in [0.4, 0.5) is 5.69 Å². The van der Waals surface area contributed by atoms with E-state index in [1.165, 1.54) is 12.1 Å². The monoisotopic (exact) mass is 300 g/mol. The minimum Gasteiger partial charge on any atom is -0.492 e. The van der Waals surface area contributed by atoms with Crippen molar-refractivity contribution in [3.63, 3.8) is 0 Å². The van der Waals surface area contributed by atoms with Gasteiger partial charge in [0.25, 0.3) is 5.69 Å². The zero-order valence-electron chi connectivity index (χ0n) is 13.0. The Labute approximate surface area is 130 Å². The molecular formula is C17H20N2O3. The topological polar surface area (TPSA) is 55.6 Å². The van der Waals surface area contributed by atoms with Gasteiger partial charge in [0.05, 0.1) is 4.92 Å². The molecule has 1 unspecified atom stereocenters. The average molecular weight is 300 g/mol. The largest absolute Gasteiger partial charge is 0.492 e. The molecule has 0 aliphatic carbocycles. The molecule has 0 aliphatic heterocycles. The Morgan fingerprint density at radius 3 is 2.00 bits per heavy atom. The number of rotatable bonds is 6. The second kappa shape index (κ2) is 7.04. The van der Waals surface area contributed by atoms with Gasteiger partial charge >= 0.3 is 0 Å². The summed E-state index contributed by atoms with van der Waals surface area (Å²) in [7, 11) is 4.04. The van der Waals surface area contributed by atoms with Gasteiger partial charge in [-0.15, -0.1) is 0 Å². The Kier molecular flexibility index (Phi) is 5.12. The van der Waals surface area contributed by atoms with Crippen LogP contribution in [0.1, 0.15) is 6.92 Å². The van der Waals surface area contributed by atoms with Crippen LogP contribution in [-0.2, 0) is 0 Å². The van der Waals surface area contributed by atoms with E-state index in [0.29, 0.717) is 12.6 Å². The molecule has 5 heteroatoms. The first-order chi connectivity index (χ1) is 10.5. The molecule has 0 saturated carbocycles. The number of nitrogens with zero attached hydrogens (tertiary/aromatic N) is 2. The van der Waals surface area contributed by atoms with Crippen molar-refractivity contribution in [3.05, 3.63) is 58.6 Å². The van der Waals surface area contributed by atoms with Gasteiger partial charge in [-0.05, 0) is 56.4 Å². The lowest BCUT2D eigenvalue weighted by Crippen LogP contribution is -2.30. The Hall–Kier alpha value is -2.40. The summed E-state index contributed by atoms with van der Waals surface area (Å²) in [5, 5.41) is 10.7. The van der Waals surface area contributed by atoms with Crippen molar-refractivity contribution in [2.75, 3.05) is 20.7 Å². The third-order valence-corrected chi connectivity index (χ3v) is 3.64. The lowest BCUT2D eigenvalue weighted by Gasteiger charge is -2.20. The van der Waals surface area contributed by atoms with Crippen molar-refractivity contribution < 1.29 is 9.66 Å². The van der Waals surface area contributed by atoms with Gasteiger partial charge in [-0.2, -0.15) is 0 Å². The Morgan fingerprint density at radius 1 is 1.05 bits per heavy atom. The number of hydrogen-bond acceptors (Lipinski definition) is 4. The van der Waals surface area contributed by atoms with Crippen molar-refractivity contribution in [1.29, 1.82) is 0 Å².